The highest BCUT2D eigenvalue weighted by molar-refractivity contribution is 5.67. The number of morpholine rings is 1. The fraction of sp³-hybridized carbons (Fsp3) is 0.167. The Labute approximate surface area is 184 Å². The van der Waals surface area contributed by atoms with Crippen molar-refractivity contribution in [2.75, 3.05) is 31.2 Å². The first-order valence-corrected chi connectivity index (χ1v) is 10.6. The maximum atomic E-state index is 5.56. The van der Waals surface area contributed by atoms with Gasteiger partial charge in [0.05, 0.1) is 25.1 Å². The summed E-state index contributed by atoms with van der Waals surface area (Å²) in [6, 6.07) is 18.2. The molecular weight excluding hydrogens is 402 g/mol. The minimum atomic E-state index is 0.692. The molecule has 0 amide bonds. The van der Waals surface area contributed by atoms with Gasteiger partial charge in [0, 0.05) is 54.9 Å². The molecule has 0 aliphatic carbocycles. The molecule has 0 radical (unpaired) electrons. The number of benzene rings is 1. The fourth-order valence-electron chi connectivity index (χ4n) is 3.97. The second-order valence-electron chi connectivity index (χ2n) is 7.65. The van der Waals surface area contributed by atoms with E-state index in [0.29, 0.717) is 13.2 Å². The maximum Gasteiger partial charge on any atom is 0.160 e. The average molecular weight is 423 g/mol. The van der Waals surface area contributed by atoms with Gasteiger partial charge in [-0.05, 0) is 17.7 Å². The molecule has 0 atom stereocenters. The van der Waals surface area contributed by atoms with E-state index >= 15 is 0 Å². The van der Waals surface area contributed by atoms with Crippen LogP contribution in [0.2, 0.25) is 0 Å². The van der Waals surface area contributed by atoms with Gasteiger partial charge < -0.3 is 9.64 Å². The zero-order chi connectivity index (χ0) is 21.3. The number of nitrogens with zero attached hydrogens (tertiary/aromatic N) is 7. The number of ether oxygens (including phenoxy) is 1. The molecule has 0 N–H and O–H groups in total. The standard InChI is InChI=1S/C24H21N7O/c1-2-4-18(5-3-1)20-16-26-30(17-20)22-15-24(29-10-12-32-13-11-29)31-23(27-22)14-21(28-31)19-6-8-25-9-7-19/h1-9,14-17H,10-13H2. The van der Waals surface area contributed by atoms with E-state index in [1.165, 1.54) is 0 Å². The van der Waals surface area contributed by atoms with Crippen molar-refractivity contribution in [2.45, 2.75) is 0 Å². The molecule has 0 saturated carbocycles. The molecule has 32 heavy (non-hydrogen) atoms. The van der Waals surface area contributed by atoms with Crippen molar-refractivity contribution in [2.24, 2.45) is 0 Å². The summed E-state index contributed by atoms with van der Waals surface area (Å²) in [5, 5.41) is 9.45. The predicted molar refractivity (Wildman–Crippen MR) is 122 cm³/mol. The lowest BCUT2D eigenvalue weighted by molar-refractivity contribution is 0.122. The zero-order valence-electron chi connectivity index (χ0n) is 17.4. The van der Waals surface area contributed by atoms with Crippen LogP contribution in [0.4, 0.5) is 5.82 Å². The molecule has 1 fully saturated rings. The minimum absolute atomic E-state index is 0.692. The molecule has 1 aliphatic rings. The average Bonchev–Trinajstić information content (AvgIpc) is 3.53. The third-order valence-electron chi connectivity index (χ3n) is 5.63. The first kappa shape index (κ1) is 18.7. The molecule has 6 rings (SSSR count). The van der Waals surface area contributed by atoms with E-state index in [9.17, 15) is 0 Å². The Morgan fingerprint density at radius 2 is 1.66 bits per heavy atom. The molecule has 158 valence electrons. The molecule has 5 aromatic rings. The van der Waals surface area contributed by atoms with Crippen molar-refractivity contribution < 1.29 is 4.74 Å². The second-order valence-corrected chi connectivity index (χ2v) is 7.65. The summed E-state index contributed by atoms with van der Waals surface area (Å²) in [5.41, 5.74) is 4.80. The van der Waals surface area contributed by atoms with Gasteiger partial charge in [0.25, 0.3) is 0 Å². The summed E-state index contributed by atoms with van der Waals surface area (Å²) >= 11 is 0. The van der Waals surface area contributed by atoms with Gasteiger partial charge in [0.1, 0.15) is 5.82 Å². The molecule has 8 heteroatoms. The minimum Gasteiger partial charge on any atom is -0.378 e. The van der Waals surface area contributed by atoms with Crippen LogP contribution in [0.3, 0.4) is 0 Å². The molecule has 0 unspecified atom stereocenters. The number of hydrogen-bond acceptors (Lipinski definition) is 6. The highest BCUT2D eigenvalue weighted by atomic mass is 16.5. The smallest absolute Gasteiger partial charge is 0.160 e. The van der Waals surface area contributed by atoms with Gasteiger partial charge >= 0.3 is 0 Å². The van der Waals surface area contributed by atoms with Gasteiger partial charge in [-0.1, -0.05) is 30.3 Å². The van der Waals surface area contributed by atoms with E-state index in [-0.39, 0.29) is 0 Å². The summed E-state index contributed by atoms with van der Waals surface area (Å²) in [5.74, 6) is 1.73. The first-order valence-electron chi connectivity index (χ1n) is 10.6. The molecule has 0 spiro atoms. The first-order chi connectivity index (χ1) is 15.8. The molecule has 8 nitrogen and oxygen atoms in total. The Balaban J connectivity index is 1.48. The number of hydrogen-bond donors (Lipinski definition) is 0. The van der Waals surface area contributed by atoms with E-state index in [1.54, 1.807) is 12.4 Å². The Bertz CT molecular complexity index is 1360. The van der Waals surface area contributed by atoms with Crippen LogP contribution < -0.4 is 4.90 Å². The van der Waals surface area contributed by atoms with Gasteiger partial charge in [-0.15, -0.1) is 0 Å². The lowest BCUT2D eigenvalue weighted by Gasteiger charge is -2.29. The predicted octanol–water partition coefficient (Wildman–Crippen LogP) is 3.48. The SMILES string of the molecule is c1ccc(-c2cnn(-c3cc(N4CCOCC4)n4nc(-c5ccncc5)cc4n3)c2)cc1. The summed E-state index contributed by atoms with van der Waals surface area (Å²) < 4.78 is 9.30. The number of aromatic nitrogens is 6. The van der Waals surface area contributed by atoms with E-state index in [2.05, 4.69) is 27.1 Å². The molecule has 1 aliphatic heterocycles. The van der Waals surface area contributed by atoms with Gasteiger partial charge in [-0.3, -0.25) is 4.98 Å². The normalized spacial score (nSPS) is 14.2. The van der Waals surface area contributed by atoms with Crippen LogP contribution in [0.5, 0.6) is 0 Å². The van der Waals surface area contributed by atoms with Crippen molar-refractivity contribution in [1.29, 1.82) is 0 Å². The molecule has 1 saturated heterocycles. The van der Waals surface area contributed by atoms with E-state index in [1.807, 2.05) is 64.1 Å². The van der Waals surface area contributed by atoms with Crippen LogP contribution >= 0.6 is 0 Å². The van der Waals surface area contributed by atoms with Gasteiger partial charge in [0.2, 0.25) is 0 Å². The van der Waals surface area contributed by atoms with Crippen LogP contribution in [0.1, 0.15) is 0 Å². The van der Waals surface area contributed by atoms with Gasteiger partial charge in [-0.25, -0.2) is 9.67 Å². The van der Waals surface area contributed by atoms with Crippen LogP contribution in [-0.2, 0) is 4.74 Å². The van der Waals surface area contributed by atoms with E-state index in [0.717, 1.165) is 52.8 Å². The van der Waals surface area contributed by atoms with E-state index < -0.39 is 0 Å². The molecule has 5 heterocycles. The number of pyridine rings is 1. The Kier molecular flexibility index (Phi) is 4.62. The van der Waals surface area contributed by atoms with Crippen molar-refractivity contribution in [1.82, 2.24) is 29.4 Å². The third kappa shape index (κ3) is 3.40. The Hall–Kier alpha value is -4.04. The topological polar surface area (TPSA) is 73.4 Å². The maximum absolute atomic E-state index is 5.56. The molecule has 1 aromatic carbocycles. The van der Waals surface area contributed by atoms with Crippen LogP contribution in [0.25, 0.3) is 33.8 Å². The largest absolute Gasteiger partial charge is 0.378 e. The lowest BCUT2D eigenvalue weighted by Crippen LogP contribution is -2.37. The third-order valence-corrected chi connectivity index (χ3v) is 5.63. The van der Waals surface area contributed by atoms with Gasteiger partial charge in [0.15, 0.2) is 11.5 Å². The summed E-state index contributed by atoms with van der Waals surface area (Å²) in [7, 11) is 0. The summed E-state index contributed by atoms with van der Waals surface area (Å²) in [4.78, 5) is 11.3. The number of anilines is 1. The van der Waals surface area contributed by atoms with Crippen molar-refractivity contribution in [3.63, 3.8) is 0 Å². The molecule has 4 aromatic heterocycles. The van der Waals surface area contributed by atoms with Crippen molar-refractivity contribution in [3.05, 3.63) is 79.4 Å². The van der Waals surface area contributed by atoms with Crippen LogP contribution in [0, 0.1) is 0 Å². The monoisotopic (exact) mass is 423 g/mol. The summed E-state index contributed by atoms with van der Waals surface area (Å²) in [6.07, 6.45) is 7.43. The number of fused-ring (bicyclic) bond motifs is 1. The van der Waals surface area contributed by atoms with E-state index in [4.69, 9.17) is 14.8 Å². The highest BCUT2D eigenvalue weighted by Gasteiger charge is 2.19. The lowest BCUT2D eigenvalue weighted by atomic mass is 10.1. The quantitative estimate of drug-likeness (QED) is 0.441. The molecule has 0 bridgehead atoms. The van der Waals surface area contributed by atoms with Gasteiger partial charge in [-0.2, -0.15) is 14.7 Å². The zero-order valence-corrected chi connectivity index (χ0v) is 17.4. The second kappa shape index (κ2) is 7.90. The number of rotatable bonds is 4. The van der Waals surface area contributed by atoms with Crippen molar-refractivity contribution in [3.8, 4) is 28.2 Å². The van der Waals surface area contributed by atoms with Crippen molar-refractivity contribution >= 4 is 11.5 Å². The Morgan fingerprint density at radius 1 is 0.844 bits per heavy atom. The van der Waals surface area contributed by atoms with Crippen LogP contribution in [-0.4, -0.2) is 55.7 Å². The fourth-order valence-corrected chi connectivity index (χ4v) is 3.97. The highest BCUT2D eigenvalue weighted by Crippen LogP contribution is 2.26. The molecular formula is C24H21N7O. The van der Waals surface area contributed by atoms with Crippen LogP contribution in [0.15, 0.2) is 79.4 Å². The summed E-state index contributed by atoms with van der Waals surface area (Å²) in [6.45, 7) is 2.99. The Morgan fingerprint density at radius 3 is 2.47 bits per heavy atom.